The topological polar surface area (TPSA) is 43.3 Å². The molecule has 0 aromatic heterocycles. The average Bonchev–Trinajstić information content (AvgIpc) is 2.76. The maximum absolute atomic E-state index is 5.79. The molecule has 0 unspecified atom stereocenters. The highest BCUT2D eigenvalue weighted by atomic mass is 127. The third-order valence-electron chi connectivity index (χ3n) is 6.45. The van der Waals surface area contributed by atoms with Gasteiger partial charge in [-0.05, 0) is 57.7 Å². The number of hydrogen-bond donors (Lipinski definition) is 1. The van der Waals surface area contributed by atoms with Gasteiger partial charge in [-0.25, -0.2) is 0 Å². The van der Waals surface area contributed by atoms with E-state index in [1.807, 2.05) is 0 Å². The zero-order valence-corrected chi connectivity index (χ0v) is 22.2. The summed E-state index contributed by atoms with van der Waals surface area (Å²) in [5, 5.41) is 3.49. The van der Waals surface area contributed by atoms with Gasteiger partial charge in [0, 0.05) is 64.7 Å². The lowest BCUT2D eigenvalue weighted by molar-refractivity contribution is 0.0263. The molecule has 0 aliphatic carbocycles. The largest absolute Gasteiger partial charge is 0.378 e. The number of piperazine rings is 1. The van der Waals surface area contributed by atoms with Crippen molar-refractivity contribution in [3.05, 3.63) is 29.3 Å². The van der Waals surface area contributed by atoms with Gasteiger partial charge >= 0.3 is 0 Å². The molecule has 0 bridgehead atoms. The Labute approximate surface area is 206 Å². The van der Waals surface area contributed by atoms with Crippen LogP contribution in [0.1, 0.15) is 37.8 Å². The minimum Gasteiger partial charge on any atom is -0.378 e. The molecule has 31 heavy (non-hydrogen) atoms. The van der Waals surface area contributed by atoms with Crippen LogP contribution >= 0.6 is 24.0 Å². The zero-order valence-electron chi connectivity index (χ0n) is 19.9. The second-order valence-electron chi connectivity index (χ2n) is 8.43. The second-order valence-corrected chi connectivity index (χ2v) is 8.43. The van der Waals surface area contributed by atoms with E-state index in [1.54, 1.807) is 0 Å². The number of benzene rings is 1. The molecule has 0 radical (unpaired) electrons. The molecular formula is C24H42IN5O. The van der Waals surface area contributed by atoms with E-state index >= 15 is 0 Å². The summed E-state index contributed by atoms with van der Waals surface area (Å²) >= 11 is 0. The fraction of sp³-hybridized carbons (Fsp3) is 0.708. The van der Waals surface area contributed by atoms with Gasteiger partial charge in [-0.2, -0.15) is 0 Å². The Morgan fingerprint density at radius 2 is 1.77 bits per heavy atom. The third kappa shape index (κ3) is 7.49. The van der Waals surface area contributed by atoms with Crippen molar-refractivity contribution in [3.8, 4) is 0 Å². The molecule has 2 fully saturated rings. The van der Waals surface area contributed by atoms with Gasteiger partial charge in [0.25, 0.3) is 0 Å². The number of nitrogens with zero attached hydrogens (tertiary/aromatic N) is 4. The van der Waals surface area contributed by atoms with Crippen LogP contribution < -0.4 is 10.2 Å². The highest BCUT2D eigenvalue weighted by Crippen LogP contribution is 2.23. The van der Waals surface area contributed by atoms with Gasteiger partial charge in [0.05, 0.1) is 12.6 Å². The molecule has 2 heterocycles. The first-order chi connectivity index (χ1) is 14.6. The number of halogens is 1. The van der Waals surface area contributed by atoms with Gasteiger partial charge in [0.1, 0.15) is 0 Å². The third-order valence-corrected chi connectivity index (χ3v) is 6.45. The number of anilines is 1. The molecule has 0 atom stereocenters. The summed E-state index contributed by atoms with van der Waals surface area (Å²) < 4.78 is 5.79. The standard InChI is InChI=1S/C24H41N5O.HI/c1-5-25-24(29-13-10-22(11-14-29)30-6-2)26-12-15-27-16-18-28(19-17-27)23-9-7-8-20(3)21(23)4;/h7-9,22H,5-6,10-19H2,1-4H3,(H,25,26);1H. The monoisotopic (exact) mass is 543 g/mol. The van der Waals surface area contributed by atoms with Crippen molar-refractivity contribution in [2.75, 3.05) is 70.4 Å². The van der Waals surface area contributed by atoms with E-state index in [9.17, 15) is 0 Å². The van der Waals surface area contributed by atoms with E-state index in [-0.39, 0.29) is 24.0 Å². The van der Waals surface area contributed by atoms with Gasteiger partial charge in [-0.15, -0.1) is 24.0 Å². The van der Waals surface area contributed by atoms with Crippen LogP contribution in [0.5, 0.6) is 0 Å². The van der Waals surface area contributed by atoms with E-state index in [4.69, 9.17) is 9.73 Å². The molecule has 0 saturated carbocycles. The highest BCUT2D eigenvalue weighted by molar-refractivity contribution is 14.0. The van der Waals surface area contributed by atoms with E-state index < -0.39 is 0 Å². The van der Waals surface area contributed by atoms with E-state index in [0.717, 1.165) is 84.3 Å². The Balaban J connectivity index is 0.00000341. The molecule has 1 aromatic rings. The fourth-order valence-electron chi connectivity index (χ4n) is 4.48. The minimum absolute atomic E-state index is 0. The maximum atomic E-state index is 5.79. The Morgan fingerprint density at radius 3 is 2.42 bits per heavy atom. The number of aryl methyl sites for hydroxylation is 1. The predicted octanol–water partition coefficient (Wildman–Crippen LogP) is 3.51. The lowest BCUT2D eigenvalue weighted by Gasteiger charge is -2.37. The number of hydrogen-bond acceptors (Lipinski definition) is 4. The van der Waals surface area contributed by atoms with Gasteiger partial charge in [-0.3, -0.25) is 9.89 Å². The van der Waals surface area contributed by atoms with E-state index in [0.29, 0.717) is 6.10 Å². The summed E-state index contributed by atoms with van der Waals surface area (Å²) in [5.41, 5.74) is 4.20. The molecule has 2 saturated heterocycles. The number of likely N-dealkylation sites (tertiary alicyclic amines) is 1. The van der Waals surface area contributed by atoms with Crippen molar-refractivity contribution in [2.24, 2.45) is 4.99 Å². The SMILES string of the molecule is CCNC(=NCCN1CCN(c2cccc(C)c2C)CC1)N1CCC(OCC)CC1.I. The summed E-state index contributed by atoms with van der Waals surface area (Å²) in [6.07, 6.45) is 2.61. The quantitative estimate of drug-likeness (QED) is 0.324. The van der Waals surface area contributed by atoms with Gasteiger partial charge < -0.3 is 19.9 Å². The number of guanidine groups is 1. The fourth-order valence-corrected chi connectivity index (χ4v) is 4.48. The lowest BCUT2D eigenvalue weighted by Crippen LogP contribution is -2.48. The molecule has 7 heteroatoms. The summed E-state index contributed by atoms with van der Waals surface area (Å²) in [4.78, 5) is 12.4. The molecule has 6 nitrogen and oxygen atoms in total. The first-order valence-corrected chi connectivity index (χ1v) is 11.8. The van der Waals surface area contributed by atoms with Crippen LogP contribution in [0, 0.1) is 13.8 Å². The lowest BCUT2D eigenvalue weighted by atomic mass is 10.1. The Kier molecular flexibility index (Phi) is 11.4. The first-order valence-electron chi connectivity index (χ1n) is 11.8. The summed E-state index contributed by atoms with van der Waals surface area (Å²) in [6.45, 7) is 18.8. The van der Waals surface area contributed by atoms with Gasteiger partial charge in [0.2, 0.25) is 0 Å². The van der Waals surface area contributed by atoms with Crippen molar-refractivity contribution in [2.45, 2.75) is 46.6 Å². The molecule has 176 valence electrons. The molecule has 2 aliphatic rings. The molecule has 0 spiro atoms. The molecular weight excluding hydrogens is 501 g/mol. The van der Waals surface area contributed by atoms with Gasteiger partial charge in [0.15, 0.2) is 5.96 Å². The first kappa shape index (κ1) is 26.2. The summed E-state index contributed by atoms with van der Waals surface area (Å²) in [5.74, 6) is 1.07. The normalized spacial score (nSPS) is 18.8. The Morgan fingerprint density at radius 1 is 1.06 bits per heavy atom. The van der Waals surface area contributed by atoms with Gasteiger partial charge in [-0.1, -0.05) is 12.1 Å². The van der Waals surface area contributed by atoms with E-state index in [1.165, 1.54) is 16.8 Å². The van der Waals surface area contributed by atoms with Crippen LogP contribution in [0.3, 0.4) is 0 Å². The van der Waals surface area contributed by atoms with E-state index in [2.05, 4.69) is 65.9 Å². The number of nitrogens with one attached hydrogen (secondary N) is 1. The van der Waals surface area contributed by atoms with Crippen molar-refractivity contribution < 1.29 is 4.74 Å². The van der Waals surface area contributed by atoms with Crippen LogP contribution in [-0.2, 0) is 4.74 Å². The van der Waals surface area contributed by atoms with Crippen molar-refractivity contribution >= 4 is 35.6 Å². The van der Waals surface area contributed by atoms with Crippen molar-refractivity contribution in [1.82, 2.24) is 15.1 Å². The minimum atomic E-state index is 0. The van der Waals surface area contributed by atoms with Crippen LogP contribution in [0.2, 0.25) is 0 Å². The van der Waals surface area contributed by atoms with Crippen molar-refractivity contribution in [3.63, 3.8) is 0 Å². The van der Waals surface area contributed by atoms with Crippen LogP contribution in [0.15, 0.2) is 23.2 Å². The Hall–Kier alpha value is -1.06. The summed E-state index contributed by atoms with van der Waals surface area (Å²) in [6, 6.07) is 6.65. The Bertz CT molecular complexity index is 683. The zero-order chi connectivity index (χ0) is 21.3. The smallest absolute Gasteiger partial charge is 0.193 e. The van der Waals surface area contributed by atoms with Crippen LogP contribution in [0.4, 0.5) is 5.69 Å². The molecule has 1 aromatic carbocycles. The van der Waals surface area contributed by atoms with Crippen LogP contribution in [-0.4, -0.2) is 87.4 Å². The second kappa shape index (κ2) is 13.5. The molecule has 0 amide bonds. The molecule has 1 N–H and O–H groups in total. The number of rotatable bonds is 7. The maximum Gasteiger partial charge on any atom is 0.193 e. The highest BCUT2D eigenvalue weighted by Gasteiger charge is 2.22. The predicted molar refractivity (Wildman–Crippen MR) is 142 cm³/mol. The number of ether oxygens (including phenoxy) is 1. The average molecular weight is 544 g/mol. The number of piperidine rings is 1. The van der Waals surface area contributed by atoms with Crippen molar-refractivity contribution in [1.29, 1.82) is 0 Å². The number of aliphatic imine (C=N–C) groups is 1. The van der Waals surface area contributed by atoms with Crippen LogP contribution in [0.25, 0.3) is 0 Å². The summed E-state index contributed by atoms with van der Waals surface area (Å²) in [7, 11) is 0. The molecule has 3 rings (SSSR count). The molecule has 2 aliphatic heterocycles.